The fraction of sp³-hybridized carbons (Fsp3) is 0.769. The maximum absolute atomic E-state index is 8.27. The van der Waals surface area contributed by atoms with Crippen LogP contribution in [0.15, 0.2) is 12.3 Å². The van der Waals surface area contributed by atoms with Gasteiger partial charge in [0.2, 0.25) is 0 Å². The summed E-state index contributed by atoms with van der Waals surface area (Å²) < 4.78 is 97.4. The zero-order valence-electron chi connectivity index (χ0n) is 21.8. The Morgan fingerprint density at radius 1 is 1.50 bits per heavy atom. The molecule has 0 bridgehead atoms. The van der Waals surface area contributed by atoms with Crippen molar-refractivity contribution in [3.05, 3.63) is 12.3 Å². The van der Waals surface area contributed by atoms with Crippen molar-refractivity contribution in [2.45, 2.75) is 59.1 Å². The summed E-state index contributed by atoms with van der Waals surface area (Å²) in [6.45, 7) is -3.77. The van der Waals surface area contributed by atoms with Crippen LogP contribution in [0.1, 0.15) is 56.5 Å². The van der Waals surface area contributed by atoms with Crippen molar-refractivity contribution in [1.82, 2.24) is 9.78 Å². The quantitative estimate of drug-likeness (QED) is 0.779. The predicted molar refractivity (Wildman–Crippen MR) is 72.8 cm³/mol. The zero-order valence-corrected chi connectivity index (χ0v) is 10.8. The van der Waals surface area contributed by atoms with Crippen LogP contribution in [0.4, 0.5) is 0 Å². The summed E-state index contributed by atoms with van der Waals surface area (Å²) in [5.41, 5.74) is -1.96. The van der Waals surface area contributed by atoms with Gasteiger partial charge in [-0.1, -0.05) is 13.7 Å². The van der Waals surface area contributed by atoms with Gasteiger partial charge in [0, 0.05) is 33.9 Å². The lowest BCUT2D eigenvalue weighted by Crippen LogP contribution is -2.41. The third-order valence-electron chi connectivity index (χ3n) is 3.20. The van der Waals surface area contributed by atoms with Crippen molar-refractivity contribution in [2.75, 3.05) is 0 Å². The van der Waals surface area contributed by atoms with Gasteiger partial charge in [0.1, 0.15) is 0 Å². The minimum Gasteiger partial charge on any atom is -0.399 e. The van der Waals surface area contributed by atoms with Crippen molar-refractivity contribution >= 4 is 12.6 Å². The van der Waals surface area contributed by atoms with Crippen molar-refractivity contribution in [2.24, 2.45) is 5.89 Å². The van der Waals surface area contributed by atoms with Crippen LogP contribution in [-0.4, -0.2) is 28.1 Å². The first-order chi connectivity index (χ1) is 12.6. The topological polar surface area (TPSA) is 36.3 Å². The van der Waals surface area contributed by atoms with Crippen LogP contribution in [0, 0.1) is 5.89 Å². The Labute approximate surface area is 125 Å². The molecule has 0 saturated carbocycles. The summed E-state index contributed by atoms with van der Waals surface area (Å²) in [7, 11) is -1.27. The molecule has 2 heterocycles. The highest BCUT2D eigenvalue weighted by atomic mass is 16.7. The highest BCUT2D eigenvalue weighted by molar-refractivity contribution is 6.61. The average Bonchev–Trinajstić information content (AvgIpc) is 2.88. The highest BCUT2D eigenvalue weighted by Crippen LogP contribution is 2.36. The Balaban J connectivity index is 2.65. The van der Waals surface area contributed by atoms with E-state index in [9.17, 15) is 0 Å². The summed E-state index contributed by atoms with van der Waals surface area (Å²) >= 11 is 0. The van der Waals surface area contributed by atoms with E-state index in [4.69, 9.17) is 24.4 Å². The lowest BCUT2D eigenvalue weighted by Gasteiger charge is -2.32. The Morgan fingerprint density at radius 2 is 2.11 bits per heavy atom. The minimum absolute atomic E-state index is 0.140. The lowest BCUT2D eigenvalue weighted by atomic mass is 9.82. The van der Waals surface area contributed by atoms with Gasteiger partial charge in [-0.25, -0.2) is 0 Å². The van der Waals surface area contributed by atoms with E-state index < -0.39 is 56.8 Å². The fourth-order valence-electron chi connectivity index (χ4n) is 1.49. The van der Waals surface area contributed by atoms with Gasteiger partial charge in [-0.15, -0.1) is 0 Å². The second-order valence-corrected chi connectivity index (χ2v) is 5.12. The molecule has 2 rings (SSSR count). The Bertz CT molecular complexity index is 770. The van der Waals surface area contributed by atoms with E-state index in [0.717, 1.165) is 0 Å². The third kappa shape index (κ3) is 2.47. The van der Waals surface area contributed by atoms with Crippen LogP contribution in [0.2, 0.25) is 0 Å². The summed E-state index contributed by atoms with van der Waals surface area (Å²) in [6, 6.07) is 0. The first-order valence-electron chi connectivity index (χ1n) is 11.0. The number of rotatable bonds is 3. The van der Waals surface area contributed by atoms with Gasteiger partial charge in [-0.05, 0) is 33.6 Å². The molecule has 0 unspecified atom stereocenters. The van der Waals surface area contributed by atoms with Gasteiger partial charge in [-0.3, -0.25) is 4.68 Å². The molecule has 0 N–H and O–H groups in total. The number of hydrogen-bond donors (Lipinski definition) is 0. The molecule has 1 aromatic rings. The minimum atomic E-state index is -3.66. The Hall–Kier alpha value is -0.805. The van der Waals surface area contributed by atoms with Crippen LogP contribution in [0.5, 0.6) is 0 Å². The van der Waals surface area contributed by atoms with Crippen LogP contribution >= 0.6 is 0 Å². The largest absolute Gasteiger partial charge is 0.498 e. The van der Waals surface area contributed by atoms with E-state index >= 15 is 0 Å². The molecule has 1 aromatic heterocycles. The van der Waals surface area contributed by atoms with Gasteiger partial charge in [-0.2, -0.15) is 5.10 Å². The first-order valence-corrected chi connectivity index (χ1v) is 5.54. The highest BCUT2D eigenvalue weighted by Gasteiger charge is 2.52. The first kappa shape index (κ1) is 5.29. The average molecular weight is 261 g/mol. The van der Waals surface area contributed by atoms with E-state index in [2.05, 4.69) is 5.10 Å². The molecule has 5 heteroatoms. The summed E-state index contributed by atoms with van der Waals surface area (Å²) in [4.78, 5) is 0. The molecule has 4 nitrogen and oxygen atoms in total. The maximum Gasteiger partial charge on any atom is 0.498 e. The van der Waals surface area contributed by atoms with Crippen molar-refractivity contribution in [3.8, 4) is 0 Å². The zero-order chi connectivity index (χ0) is 23.0. The van der Waals surface area contributed by atoms with Crippen LogP contribution < -0.4 is 5.46 Å². The number of hydrogen-bond acceptors (Lipinski definition) is 3. The molecule has 0 atom stereocenters. The summed E-state index contributed by atoms with van der Waals surface area (Å²) in [6.07, 6.45) is -1.44. The van der Waals surface area contributed by atoms with Gasteiger partial charge in [0.25, 0.3) is 0 Å². The van der Waals surface area contributed by atoms with E-state index in [1.165, 1.54) is 0 Å². The van der Waals surface area contributed by atoms with Crippen LogP contribution in [0.3, 0.4) is 0 Å². The van der Waals surface area contributed by atoms with Gasteiger partial charge in [0.05, 0.1) is 16.7 Å². The van der Waals surface area contributed by atoms with E-state index in [1.807, 2.05) is 0 Å². The van der Waals surface area contributed by atoms with Gasteiger partial charge in [0.15, 0.2) is 0 Å². The molecule has 18 heavy (non-hydrogen) atoms. The van der Waals surface area contributed by atoms with Gasteiger partial charge >= 0.3 is 7.12 Å². The number of nitrogens with zero attached hydrogens (tertiary/aromatic N) is 2. The monoisotopic (exact) mass is 261 g/mol. The lowest BCUT2D eigenvalue weighted by molar-refractivity contribution is 0.00578. The molecule has 1 saturated heterocycles. The van der Waals surface area contributed by atoms with Crippen molar-refractivity contribution in [1.29, 1.82) is 0 Å². The Morgan fingerprint density at radius 3 is 2.67 bits per heavy atom. The molecule has 1 aliphatic rings. The SMILES string of the molecule is [2H]c1nn(C([2H])([2H])C([2H])(C([2H])([2H])[2H])C([2H])([2H])[2H])c([2H])c1B1OC(C)(C)C(C)(C)O1. The second kappa shape index (κ2) is 4.39. The second-order valence-electron chi connectivity index (χ2n) is 5.12. The summed E-state index contributed by atoms with van der Waals surface area (Å²) in [5, 5.41) is 3.56. The van der Waals surface area contributed by atoms with E-state index in [0.29, 0.717) is 0 Å². The molecule has 0 amide bonds. The van der Waals surface area contributed by atoms with E-state index in [1.54, 1.807) is 27.7 Å². The van der Waals surface area contributed by atoms with E-state index in [-0.39, 0.29) is 10.1 Å². The molecule has 0 aliphatic carbocycles. The molecular formula is C13H23BN2O2. The smallest absolute Gasteiger partial charge is 0.399 e. The fourth-order valence-corrected chi connectivity index (χ4v) is 1.49. The van der Waals surface area contributed by atoms with Gasteiger partial charge < -0.3 is 9.31 Å². The van der Waals surface area contributed by atoms with Crippen LogP contribution in [-0.2, 0) is 15.8 Å². The molecular weight excluding hydrogens is 227 g/mol. The van der Waals surface area contributed by atoms with Crippen LogP contribution in [0.25, 0.3) is 0 Å². The molecule has 0 aromatic carbocycles. The molecule has 1 aliphatic heterocycles. The molecule has 0 radical (unpaired) electrons. The molecule has 100 valence electrons. The molecule has 0 spiro atoms. The predicted octanol–water partition coefficient (Wildman–Crippen LogP) is 1.84. The Kier molecular flexibility index (Phi) is 1.29. The van der Waals surface area contributed by atoms with Crippen molar-refractivity contribution < 1.29 is 24.4 Å². The maximum atomic E-state index is 8.27. The standard InChI is InChI=1S/C13H23BN2O2/c1-10(2)8-16-9-11(7-15-16)14-17-12(3,4)13(5,6)18-14/h7,9-10H,8H2,1-6H3/i1D3,2D3,7D,8D2,9D,10D. The normalized spacial score (nSPS) is 33.6. The van der Waals surface area contributed by atoms with Crippen molar-refractivity contribution in [3.63, 3.8) is 0 Å². The summed E-state index contributed by atoms with van der Waals surface area (Å²) in [5.74, 6) is -3.66. The number of aromatic nitrogens is 2. The third-order valence-corrected chi connectivity index (χ3v) is 3.20. The molecule has 1 fully saturated rings.